The van der Waals surface area contributed by atoms with Crippen LogP contribution < -0.4 is 0 Å². The number of rotatable bonds is 1. The average molecular weight is 196 g/mol. The summed E-state index contributed by atoms with van der Waals surface area (Å²) in [4.78, 5) is 0. The van der Waals surface area contributed by atoms with Crippen molar-refractivity contribution in [1.29, 1.82) is 0 Å². The van der Waals surface area contributed by atoms with Gasteiger partial charge in [-0.1, -0.05) is 0 Å². The minimum atomic E-state index is -0.228. The Bertz CT molecular complexity index is 322. The van der Waals surface area contributed by atoms with Crippen LogP contribution in [0.1, 0.15) is 30.2 Å². The monoisotopic (exact) mass is 196 g/mol. The van der Waals surface area contributed by atoms with E-state index in [1.165, 1.54) is 0 Å². The van der Waals surface area contributed by atoms with Gasteiger partial charge in [0, 0.05) is 31.3 Å². The molecule has 0 aliphatic carbocycles. The number of hydrogen-bond donors (Lipinski definition) is 1. The number of aliphatic hydroxyl groups excluding tert-OH is 1. The molecule has 2 heterocycles. The van der Waals surface area contributed by atoms with Gasteiger partial charge in [-0.15, -0.1) is 0 Å². The van der Waals surface area contributed by atoms with Crippen LogP contribution in [0, 0.1) is 6.92 Å². The predicted molar refractivity (Wildman–Crippen MR) is 51.9 cm³/mol. The van der Waals surface area contributed by atoms with Gasteiger partial charge >= 0.3 is 0 Å². The number of hydrogen-bond acceptors (Lipinski definition) is 3. The highest BCUT2D eigenvalue weighted by Crippen LogP contribution is 2.29. The first-order valence-electron chi connectivity index (χ1n) is 4.96. The number of aryl methyl sites for hydroxylation is 1. The Kier molecular flexibility index (Phi) is 2.56. The van der Waals surface area contributed by atoms with E-state index >= 15 is 0 Å². The molecule has 0 spiro atoms. The zero-order valence-corrected chi connectivity index (χ0v) is 8.60. The molecule has 0 saturated carbocycles. The molecular weight excluding hydrogens is 180 g/mol. The highest BCUT2D eigenvalue weighted by atomic mass is 16.5. The summed E-state index contributed by atoms with van der Waals surface area (Å²) in [5.41, 5.74) is 2.22. The van der Waals surface area contributed by atoms with Crippen molar-refractivity contribution in [3.05, 3.63) is 17.5 Å². The molecule has 1 fully saturated rings. The molecule has 1 aliphatic heterocycles. The molecular formula is C10H16N2O2. The van der Waals surface area contributed by atoms with Crippen molar-refractivity contribution >= 4 is 0 Å². The lowest BCUT2D eigenvalue weighted by Gasteiger charge is -2.26. The van der Waals surface area contributed by atoms with Crippen molar-refractivity contribution < 1.29 is 9.84 Å². The van der Waals surface area contributed by atoms with Gasteiger partial charge in [-0.25, -0.2) is 0 Å². The van der Waals surface area contributed by atoms with Crippen molar-refractivity contribution in [2.24, 2.45) is 7.05 Å². The van der Waals surface area contributed by atoms with Gasteiger partial charge in [0.05, 0.1) is 18.4 Å². The molecule has 78 valence electrons. The highest BCUT2D eigenvalue weighted by molar-refractivity contribution is 5.19. The normalized spacial score (nSPS) is 27.9. The van der Waals surface area contributed by atoms with Crippen molar-refractivity contribution in [3.63, 3.8) is 0 Å². The molecule has 14 heavy (non-hydrogen) atoms. The summed E-state index contributed by atoms with van der Waals surface area (Å²) >= 11 is 0. The summed E-state index contributed by atoms with van der Waals surface area (Å²) < 4.78 is 7.45. The molecule has 0 bridgehead atoms. The predicted octanol–water partition coefficient (Wildman–Crippen LogP) is 0.941. The summed E-state index contributed by atoms with van der Waals surface area (Å²) in [6.45, 7) is 2.66. The third-order valence-electron chi connectivity index (χ3n) is 2.88. The summed E-state index contributed by atoms with van der Waals surface area (Å²) in [6, 6.07) is 0. The van der Waals surface area contributed by atoms with E-state index in [4.69, 9.17) is 4.74 Å². The minimum absolute atomic E-state index is 0.0208. The van der Waals surface area contributed by atoms with Gasteiger partial charge in [0.15, 0.2) is 0 Å². The van der Waals surface area contributed by atoms with Gasteiger partial charge in [0.25, 0.3) is 0 Å². The molecule has 1 N–H and O–H groups in total. The Morgan fingerprint density at radius 2 is 2.43 bits per heavy atom. The third-order valence-corrected chi connectivity index (χ3v) is 2.88. The molecule has 2 unspecified atom stereocenters. The van der Waals surface area contributed by atoms with Crippen molar-refractivity contribution in [2.45, 2.75) is 32.0 Å². The van der Waals surface area contributed by atoms with Gasteiger partial charge in [-0.3, -0.25) is 4.68 Å². The Labute approximate surface area is 83.5 Å². The first-order chi connectivity index (χ1) is 6.68. The summed E-state index contributed by atoms with van der Waals surface area (Å²) in [7, 11) is 1.91. The Morgan fingerprint density at radius 3 is 3.00 bits per heavy atom. The number of aliphatic hydroxyl groups is 1. The molecule has 4 heteroatoms. The average Bonchev–Trinajstić information content (AvgIpc) is 2.48. The van der Waals surface area contributed by atoms with Crippen LogP contribution in [0.3, 0.4) is 0 Å². The second kappa shape index (κ2) is 3.71. The van der Waals surface area contributed by atoms with Gasteiger partial charge < -0.3 is 9.84 Å². The molecule has 2 atom stereocenters. The lowest BCUT2D eigenvalue weighted by molar-refractivity contribution is -0.0450. The SMILES string of the molecule is Cc1c(C2CC(O)CCO2)cnn1C. The van der Waals surface area contributed by atoms with Crippen LogP contribution in [-0.2, 0) is 11.8 Å². The third kappa shape index (κ3) is 1.67. The van der Waals surface area contributed by atoms with E-state index in [1.807, 2.05) is 24.9 Å². The summed E-state index contributed by atoms with van der Waals surface area (Å²) in [5.74, 6) is 0. The molecule has 1 aromatic rings. The first-order valence-corrected chi connectivity index (χ1v) is 4.96. The molecule has 0 radical (unpaired) electrons. The molecule has 4 nitrogen and oxygen atoms in total. The number of nitrogens with zero attached hydrogens (tertiary/aromatic N) is 2. The van der Waals surface area contributed by atoms with Gasteiger partial charge in [-0.05, 0) is 13.3 Å². The number of ether oxygens (including phenoxy) is 1. The van der Waals surface area contributed by atoms with Crippen LogP contribution in [0.4, 0.5) is 0 Å². The second-order valence-electron chi connectivity index (χ2n) is 3.85. The van der Waals surface area contributed by atoms with Crippen molar-refractivity contribution in [1.82, 2.24) is 9.78 Å². The first kappa shape index (κ1) is 9.68. The molecule has 0 amide bonds. The van der Waals surface area contributed by atoms with Crippen LogP contribution in [0.25, 0.3) is 0 Å². The van der Waals surface area contributed by atoms with E-state index in [0.29, 0.717) is 13.0 Å². The van der Waals surface area contributed by atoms with Crippen molar-refractivity contribution in [2.75, 3.05) is 6.61 Å². The fraction of sp³-hybridized carbons (Fsp3) is 0.700. The molecule has 1 aliphatic rings. The van der Waals surface area contributed by atoms with Gasteiger partial charge in [0.2, 0.25) is 0 Å². The fourth-order valence-electron chi connectivity index (χ4n) is 1.83. The maximum absolute atomic E-state index is 9.53. The zero-order chi connectivity index (χ0) is 10.1. The smallest absolute Gasteiger partial charge is 0.0882 e. The van der Waals surface area contributed by atoms with Crippen LogP contribution in [0.2, 0.25) is 0 Å². The Hall–Kier alpha value is -0.870. The van der Waals surface area contributed by atoms with Crippen LogP contribution in [0.15, 0.2) is 6.20 Å². The number of aromatic nitrogens is 2. The maximum atomic E-state index is 9.53. The molecule has 0 aromatic carbocycles. The Morgan fingerprint density at radius 1 is 1.64 bits per heavy atom. The summed E-state index contributed by atoms with van der Waals surface area (Å²) in [6.07, 6.45) is 3.06. The van der Waals surface area contributed by atoms with E-state index in [9.17, 15) is 5.11 Å². The van der Waals surface area contributed by atoms with Crippen LogP contribution in [0.5, 0.6) is 0 Å². The van der Waals surface area contributed by atoms with E-state index in [2.05, 4.69) is 5.10 Å². The lowest BCUT2D eigenvalue weighted by Crippen LogP contribution is -2.23. The molecule has 1 saturated heterocycles. The summed E-state index contributed by atoms with van der Waals surface area (Å²) in [5, 5.41) is 13.7. The molecule has 1 aromatic heterocycles. The second-order valence-corrected chi connectivity index (χ2v) is 3.85. The van der Waals surface area contributed by atoms with E-state index < -0.39 is 0 Å². The molecule has 2 rings (SSSR count). The quantitative estimate of drug-likeness (QED) is 0.727. The van der Waals surface area contributed by atoms with Gasteiger partial charge in [0.1, 0.15) is 0 Å². The largest absolute Gasteiger partial charge is 0.393 e. The van der Waals surface area contributed by atoms with E-state index in [-0.39, 0.29) is 12.2 Å². The van der Waals surface area contributed by atoms with E-state index in [1.54, 1.807) is 0 Å². The maximum Gasteiger partial charge on any atom is 0.0882 e. The van der Waals surface area contributed by atoms with Crippen LogP contribution >= 0.6 is 0 Å². The minimum Gasteiger partial charge on any atom is -0.393 e. The fourth-order valence-corrected chi connectivity index (χ4v) is 1.83. The van der Waals surface area contributed by atoms with Gasteiger partial charge in [-0.2, -0.15) is 5.10 Å². The standard InChI is InChI=1S/C10H16N2O2/c1-7-9(6-11-12(7)2)10-5-8(13)3-4-14-10/h6,8,10,13H,3-5H2,1-2H3. The van der Waals surface area contributed by atoms with Crippen LogP contribution in [-0.4, -0.2) is 27.6 Å². The van der Waals surface area contributed by atoms with E-state index in [0.717, 1.165) is 17.7 Å². The highest BCUT2D eigenvalue weighted by Gasteiger charge is 2.24. The zero-order valence-electron chi connectivity index (χ0n) is 8.60. The topological polar surface area (TPSA) is 47.3 Å². The van der Waals surface area contributed by atoms with Crippen molar-refractivity contribution in [3.8, 4) is 0 Å². The lowest BCUT2D eigenvalue weighted by atomic mass is 10.0. The Balaban J connectivity index is 2.18.